The molecule has 138 valence electrons. The fourth-order valence-electron chi connectivity index (χ4n) is 3.31. The molecule has 0 aromatic heterocycles. The number of carbonyl (C=O) groups excluding carboxylic acids is 1. The molecular weight excluding hydrogens is 316 g/mol. The van der Waals surface area contributed by atoms with Gasteiger partial charge in [0.15, 0.2) is 0 Å². The molecule has 1 aromatic carbocycles. The lowest BCUT2D eigenvalue weighted by Crippen LogP contribution is -2.54. The molecule has 1 aliphatic carbocycles. The molecule has 1 amide bonds. The lowest BCUT2D eigenvalue weighted by molar-refractivity contribution is -0.0176. The summed E-state index contributed by atoms with van der Waals surface area (Å²) in [7, 11) is 0. The number of amides is 1. The molecule has 1 heterocycles. The molecule has 0 spiro atoms. The third-order valence-corrected chi connectivity index (χ3v) is 4.93. The molecule has 1 aromatic rings. The predicted octanol–water partition coefficient (Wildman–Crippen LogP) is 3.02. The summed E-state index contributed by atoms with van der Waals surface area (Å²) in [5.74, 6) is 0. The van der Waals surface area contributed by atoms with Crippen LogP contribution in [0.25, 0.3) is 0 Å². The van der Waals surface area contributed by atoms with Crippen molar-refractivity contribution in [3.63, 3.8) is 0 Å². The first-order valence-corrected chi connectivity index (χ1v) is 9.22. The molecule has 1 unspecified atom stereocenters. The Labute approximate surface area is 150 Å². The summed E-state index contributed by atoms with van der Waals surface area (Å²) < 4.78 is 5.49. The van der Waals surface area contributed by atoms with Gasteiger partial charge in [0.1, 0.15) is 6.10 Å². The van der Waals surface area contributed by atoms with Gasteiger partial charge in [-0.3, -0.25) is 4.90 Å². The Hall–Kier alpha value is -1.59. The molecule has 25 heavy (non-hydrogen) atoms. The Kier molecular flexibility index (Phi) is 5.07. The van der Waals surface area contributed by atoms with Gasteiger partial charge in [-0.15, -0.1) is 0 Å². The molecule has 1 aliphatic heterocycles. The van der Waals surface area contributed by atoms with Crippen LogP contribution in [0.15, 0.2) is 30.3 Å². The number of rotatable bonds is 5. The van der Waals surface area contributed by atoms with Crippen LogP contribution in [0.2, 0.25) is 0 Å². The molecule has 3 rings (SSSR count). The minimum Gasteiger partial charge on any atom is -0.446 e. The Balaban J connectivity index is 1.62. The third kappa shape index (κ3) is 4.95. The van der Waals surface area contributed by atoms with Crippen molar-refractivity contribution in [2.24, 2.45) is 0 Å². The molecule has 1 atom stereocenters. The number of carbonyl (C=O) groups is 1. The second-order valence-corrected chi connectivity index (χ2v) is 8.51. The van der Waals surface area contributed by atoms with Crippen molar-refractivity contribution in [3.8, 4) is 0 Å². The average Bonchev–Trinajstić information content (AvgIpc) is 3.27. The van der Waals surface area contributed by atoms with E-state index in [1.165, 1.54) is 5.56 Å². The van der Waals surface area contributed by atoms with Crippen LogP contribution >= 0.6 is 0 Å². The molecular formula is C20H30N2O3. The van der Waals surface area contributed by atoms with Gasteiger partial charge in [-0.25, -0.2) is 4.79 Å². The third-order valence-electron chi connectivity index (χ3n) is 4.93. The normalized spacial score (nSPS) is 24.3. The van der Waals surface area contributed by atoms with Crippen molar-refractivity contribution in [1.29, 1.82) is 0 Å². The molecule has 0 radical (unpaired) electrons. The summed E-state index contributed by atoms with van der Waals surface area (Å²) in [6, 6.07) is 10.3. The lowest BCUT2D eigenvalue weighted by atomic mass is 9.98. The zero-order chi connectivity index (χ0) is 18.1. The van der Waals surface area contributed by atoms with Gasteiger partial charge in [0.05, 0.1) is 12.1 Å². The fraction of sp³-hybridized carbons (Fsp3) is 0.650. The van der Waals surface area contributed by atoms with Crippen molar-refractivity contribution in [3.05, 3.63) is 35.9 Å². The van der Waals surface area contributed by atoms with Gasteiger partial charge in [-0.2, -0.15) is 0 Å². The van der Waals surface area contributed by atoms with Gasteiger partial charge in [0.2, 0.25) is 0 Å². The van der Waals surface area contributed by atoms with Crippen LogP contribution in [-0.4, -0.2) is 57.9 Å². The van der Waals surface area contributed by atoms with Gasteiger partial charge < -0.3 is 14.7 Å². The maximum absolute atomic E-state index is 12.5. The summed E-state index contributed by atoms with van der Waals surface area (Å²) in [6.45, 7) is 8.51. The lowest BCUT2D eigenvalue weighted by Gasteiger charge is -2.39. The average molecular weight is 346 g/mol. The van der Waals surface area contributed by atoms with E-state index in [2.05, 4.69) is 17.0 Å². The quantitative estimate of drug-likeness (QED) is 0.890. The first-order valence-electron chi connectivity index (χ1n) is 9.22. The zero-order valence-corrected chi connectivity index (χ0v) is 15.6. The Bertz CT molecular complexity index is 595. The topological polar surface area (TPSA) is 53.0 Å². The van der Waals surface area contributed by atoms with E-state index in [0.29, 0.717) is 19.5 Å². The molecule has 2 fully saturated rings. The number of hydrogen-bond acceptors (Lipinski definition) is 4. The molecule has 1 saturated carbocycles. The second kappa shape index (κ2) is 6.96. The largest absolute Gasteiger partial charge is 0.446 e. The highest BCUT2D eigenvalue weighted by atomic mass is 16.6. The molecule has 0 bridgehead atoms. The van der Waals surface area contributed by atoms with Crippen LogP contribution in [0.5, 0.6) is 0 Å². The van der Waals surface area contributed by atoms with E-state index in [-0.39, 0.29) is 17.7 Å². The van der Waals surface area contributed by atoms with Crippen LogP contribution in [0.1, 0.15) is 45.6 Å². The van der Waals surface area contributed by atoms with Crippen molar-refractivity contribution >= 4 is 6.09 Å². The molecule has 1 saturated heterocycles. The Morgan fingerprint density at radius 3 is 2.60 bits per heavy atom. The molecule has 5 heteroatoms. The van der Waals surface area contributed by atoms with Crippen LogP contribution in [-0.2, 0) is 11.3 Å². The highest BCUT2D eigenvalue weighted by Crippen LogP contribution is 2.30. The summed E-state index contributed by atoms with van der Waals surface area (Å²) in [4.78, 5) is 16.5. The first-order chi connectivity index (χ1) is 11.8. The van der Waals surface area contributed by atoms with Gasteiger partial charge in [0, 0.05) is 25.2 Å². The number of hydrogen-bond donors (Lipinski definition) is 1. The van der Waals surface area contributed by atoms with Crippen LogP contribution in [0, 0.1) is 0 Å². The SMILES string of the molecule is CC(C)(C)N(CC1(O)CCN(Cc2ccccc2)C1)C(=O)OC1CC1. The van der Waals surface area contributed by atoms with Crippen molar-refractivity contribution in [2.45, 2.75) is 63.8 Å². The monoisotopic (exact) mass is 346 g/mol. The zero-order valence-electron chi connectivity index (χ0n) is 15.6. The molecule has 2 aliphatic rings. The first kappa shape index (κ1) is 18.2. The highest BCUT2D eigenvalue weighted by molar-refractivity contribution is 5.69. The Morgan fingerprint density at radius 2 is 2.00 bits per heavy atom. The summed E-state index contributed by atoms with van der Waals surface area (Å²) in [5.41, 5.74) is -0.0216. The standard InChI is InChI=1S/C20H30N2O3/c1-19(2,3)22(18(23)25-17-9-10-17)15-20(24)11-12-21(14-20)13-16-7-5-4-6-8-16/h4-8,17,24H,9-15H2,1-3H3. The number of benzene rings is 1. The highest BCUT2D eigenvalue weighted by Gasteiger charge is 2.42. The van der Waals surface area contributed by atoms with Gasteiger partial charge in [0.25, 0.3) is 0 Å². The predicted molar refractivity (Wildman–Crippen MR) is 97.2 cm³/mol. The van der Waals surface area contributed by atoms with Gasteiger partial charge >= 0.3 is 6.09 Å². The molecule has 1 N–H and O–H groups in total. The number of likely N-dealkylation sites (tertiary alicyclic amines) is 1. The van der Waals surface area contributed by atoms with E-state index in [4.69, 9.17) is 4.74 Å². The van der Waals surface area contributed by atoms with E-state index >= 15 is 0 Å². The van der Waals surface area contributed by atoms with Crippen molar-refractivity contribution < 1.29 is 14.6 Å². The number of nitrogens with zero attached hydrogens (tertiary/aromatic N) is 2. The van der Waals surface area contributed by atoms with Crippen LogP contribution in [0.3, 0.4) is 0 Å². The minimum absolute atomic E-state index is 0.0742. The number of aliphatic hydroxyl groups is 1. The van der Waals surface area contributed by atoms with Crippen molar-refractivity contribution in [1.82, 2.24) is 9.80 Å². The maximum atomic E-state index is 12.5. The minimum atomic E-state index is -0.884. The summed E-state index contributed by atoms with van der Waals surface area (Å²) in [5, 5.41) is 11.1. The smallest absolute Gasteiger partial charge is 0.410 e. The van der Waals surface area contributed by atoms with Crippen LogP contribution < -0.4 is 0 Å². The van der Waals surface area contributed by atoms with E-state index < -0.39 is 5.60 Å². The summed E-state index contributed by atoms with van der Waals surface area (Å²) in [6.07, 6.45) is 2.36. The second-order valence-electron chi connectivity index (χ2n) is 8.51. The maximum Gasteiger partial charge on any atom is 0.410 e. The number of ether oxygens (including phenoxy) is 1. The summed E-state index contributed by atoms with van der Waals surface area (Å²) >= 11 is 0. The van der Waals surface area contributed by atoms with Gasteiger partial charge in [-0.1, -0.05) is 30.3 Å². The van der Waals surface area contributed by atoms with E-state index in [9.17, 15) is 9.90 Å². The van der Waals surface area contributed by atoms with E-state index in [0.717, 1.165) is 25.9 Å². The molecule has 5 nitrogen and oxygen atoms in total. The van der Waals surface area contributed by atoms with E-state index in [1.807, 2.05) is 39.0 Å². The Morgan fingerprint density at radius 1 is 1.32 bits per heavy atom. The number of β-amino-alcohol motifs (C(OH)–C–C–N with tert-alkyl or cyclic N) is 1. The fourth-order valence-corrected chi connectivity index (χ4v) is 3.31. The van der Waals surface area contributed by atoms with Crippen molar-refractivity contribution in [2.75, 3.05) is 19.6 Å². The van der Waals surface area contributed by atoms with Crippen LogP contribution in [0.4, 0.5) is 4.79 Å². The van der Waals surface area contributed by atoms with Gasteiger partial charge in [-0.05, 0) is 45.6 Å². The van der Waals surface area contributed by atoms with E-state index in [1.54, 1.807) is 4.90 Å².